The quantitative estimate of drug-likeness (QED) is 0.645. The minimum absolute atomic E-state index is 0.226. The van der Waals surface area contributed by atoms with Crippen molar-refractivity contribution in [3.05, 3.63) is 41.5 Å². The van der Waals surface area contributed by atoms with Crippen molar-refractivity contribution in [3.8, 4) is 0 Å². The maximum absolute atomic E-state index is 13.1. The number of carbonyl (C=O) groups excluding carboxylic acids is 1. The van der Waals surface area contributed by atoms with Gasteiger partial charge in [-0.15, -0.1) is 10.2 Å². The number of urea groups is 1. The Kier molecular flexibility index (Phi) is 5.28. The van der Waals surface area contributed by atoms with Crippen molar-refractivity contribution >= 4 is 15.9 Å². The summed E-state index contributed by atoms with van der Waals surface area (Å²) in [6, 6.07) is 7.48. The van der Waals surface area contributed by atoms with Crippen LogP contribution < -0.4 is 0 Å². The van der Waals surface area contributed by atoms with Gasteiger partial charge in [0.2, 0.25) is 0 Å². The number of nitrogens with zero attached hydrogens (tertiary/aromatic N) is 5. The van der Waals surface area contributed by atoms with E-state index in [0.29, 0.717) is 22.1 Å². The molecule has 1 aromatic heterocycles. The number of likely N-dealkylation sites (tertiary alicyclic amines) is 3. The normalized spacial score (nSPS) is 25.1. The number of aromatic amines is 1. The van der Waals surface area contributed by atoms with Crippen LogP contribution in [0.4, 0.5) is 4.79 Å². The lowest BCUT2D eigenvalue weighted by Gasteiger charge is -2.61. The molecule has 2 aromatic rings. The lowest BCUT2D eigenvalue weighted by Crippen LogP contribution is -2.70. The number of sulfone groups is 1. The van der Waals surface area contributed by atoms with Gasteiger partial charge in [0.05, 0.1) is 4.90 Å². The van der Waals surface area contributed by atoms with Gasteiger partial charge in [-0.3, -0.25) is 4.90 Å². The number of carbonyl (C=O) groups is 1. The minimum Gasteiger partial charge on any atom is -0.328 e. The molecule has 5 fully saturated rings. The van der Waals surface area contributed by atoms with Crippen molar-refractivity contribution in [3.63, 3.8) is 0 Å². The third-order valence-electron chi connectivity index (χ3n) is 9.55. The summed E-state index contributed by atoms with van der Waals surface area (Å²) in [5, 5.41) is 8.73. The predicted molar refractivity (Wildman–Crippen MR) is 138 cm³/mol. The van der Waals surface area contributed by atoms with Gasteiger partial charge < -0.3 is 14.8 Å². The Bertz CT molecular complexity index is 1290. The monoisotopic (exact) mass is 524 g/mol. The van der Waals surface area contributed by atoms with E-state index >= 15 is 0 Å². The van der Waals surface area contributed by atoms with E-state index in [1.54, 1.807) is 12.1 Å². The summed E-state index contributed by atoms with van der Waals surface area (Å²) in [5.74, 6) is 3.22. The van der Waals surface area contributed by atoms with Crippen LogP contribution >= 0.6 is 0 Å². The van der Waals surface area contributed by atoms with Crippen molar-refractivity contribution < 1.29 is 13.2 Å². The third-order valence-corrected chi connectivity index (χ3v) is 10.7. The van der Waals surface area contributed by atoms with E-state index in [0.717, 1.165) is 88.7 Å². The molecule has 1 aromatic carbocycles. The molecule has 0 unspecified atom stereocenters. The molecule has 0 atom stereocenters. The summed E-state index contributed by atoms with van der Waals surface area (Å²) in [6.07, 6.45) is 8.18. The first kappa shape index (κ1) is 23.6. The summed E-state index contributed by atoms with van der Waals surface area (Å²) >= 11 is 0. The highest BCUT2D eigenvalue weighted by Gasteiger charge is 2.57. The first-order valence-electron chi connectivity index (χ1n) is 13.7. The molecule has 2 saturated carbocycles. The highest BCUT2D eigenvalue weighted by atomic mass is 32.2. The van der Waals surface area contributed by atoms with Crippen molar-refractivity contribution in [2.75, 3.05) is 45.5 Å². The summed E-state index contributed by atoms with van der Waals surface area (Å²) in [5.41, 5.74) is 1.73. The van der Waals surface area contributed by atoms with E-state index in [2.05, 4.69) is 25.0 Å². The van der Waals surface area contributed by atoms with Gasteiger partial charge in [-0.2, -0.15) is 0 Å². The second kappa shape index (κ2) is 8.27. The molecule has 2 aliphatic carbocycles. The molecule has 2 amide bonds. The lowest BCUT2D eigenvalue weighted by molar-refractivity contribution is -0.0798. The van der Waals surface area contributed by atoms with Gasteiger partial charge in [-0.1, -0.05) is 12.1 Å². The van der Waals surface area contributed by atoms with E-state index in [4.69, 9.17) is 0 Å². The summed E-state index contributed by atoms with van der Waals surface area (Å²) in [7, 11) is -3.15. The van der Waals surface area contributed by atoms with Crippen LogP contribution in [-0.2, 0) is 16.4 Å². The number of hydrogen-bond donors (Lipinski definition) is 1. The average Bonchev–Trinajstić information content (AvgIpc) is 3.53. The van der Waals surface area contributed by atoms with Gasteiger partial charge in [0, 0.05) is 61.6 Å². The van der Waals surface area contributed by atoms with Gasteiger partial charge in [0.1, 0.15) is 11.6 Å². The zero-order chi connectivity index (χ0) is 25.4. The SMILES string of the molecule is CS(=O)(=O)c1ccc(CN2CCC3(CC2)CN(C(=O)N2CC4(CC(c5nnc(C6CC6)[nH]5)C4)C2)C3)cc1. The Hall–Kier alpha value is -2.46. The molecule has 10 heteroatoms. The average molecular weight is 525 g/mol. The molecule has 0 radical (unpaired) electrons. The molecule has 0 bridgehead atoms. The Morgan fingerprint density at radius 1 is 0.919 bits per heavy atom. The second-order valence-electron chi connectivity index (χ2n) is 12.7. The lowest BCUT2D eigenvalue weighted by atomic mass is 9.57. The number of piperidine rings is 1. The van der Waals surface area contributed by atoms with Gasteiger partial charge in [0.25, 0.3) is 0 Å². The van der Waals surface area contributed by atoms with Crippen LogP contribution in [0, 0.1) is 10.8 Å². The number of benzene rings is 1. The zero-order valence-electron chi connectivity index (χ0n) is 21.5. The molecule has 3 aliphatic heterocycles. The molecule has 7 rings (SSSR count). The predicted octanol–water partition coefficient (Wildman–Crippen LogP) is 2.98. The van der Waals surface area contributed by atoms with E-state index < -0.39 is 9.84 Å². The molecule has 2 spiro atoms. The molecular weight excluding hydrogens is 488 g/mol. The fourth-order valence-electron chi connectivity index (χ4n) is 7.05. The van der Waals surface area contributed by atoms with Crippen LogP contribution in [0.25, 0.3) is 0 Å². The van der Waals surface area contributed by atoms with Gasteiger partial charge in [0.15, 0.2) is 9.84 Å². The van der Waals surface area contributed by atoms with Crippen LogP contribution in [0.2, 0.25) is 0 Å². The van der Waals surface area contributed by atoms with E-state index in [1.807, 2.05) is 17.0 Å². The second-order valence-corrected chi connectivity index (χ2v) is 14.7. The highest BCUT2D eigenvalue weighted by Crippen LogP contribution is 2.56. The van der Waals surface area contributed by atoms with E-state index in [-0.39, 0.29) is 11.4 Å². The first-order chi connectivity index (χ1) is 17.7. The zero-order valence-corrected chi connectivity index (χ0v) is 22.3. The van der Waals surface area contributed by atoms with Crippen LogP contribution in [0.1, 0.15) is 67.6 Å². The van der Waals surface area contributed by atoms with Crippen molar-refractivity contribution in [1.82, 2.24) is 29.9 Å². The van der Waals surface area contributed by atoms with E-state index in [9.17, 15) is 13.2 Å². The smallest absolute Gasteiger partial charge is 0.320 e. The highest BCUT2D eigenvalue weighted by molar-refractivity contribution is 7.90. The van der Waals surface area contributed by atoms with Crippen LogP contribution in [0.5, 0.6) is 0 Å². The molecule has 37 heavy (non-hydrogen) atoms. The minimum atomic E-state index is -3.15. The number of amides is 2. The van der Waals surface area contributed by atoms with Crippen LogP contribution in [0.15, 0.2) is 29.2 Å². The fraction of sp³-hybridized carbons (Fsp3) is 0.667. The van der Waals surface area contributed by atoms with Gasteiger partial charge in [-0.25, -0.2) is 13.2 Å². The third kappa shape index (κ3) is 4.35. The number of hydrogen-bond acceptors (Lipinski definition) is 6. The van der Waals surface area contributed by atoms with E-state index in [1.165, 1.54) is 19.1 Å². The van der Waals surface area contributed by atoms with Crippen molar-refractivity contribution in [1.29, 1.82) is 0 Å². The topological polar surface area (TPSA) is 102 Å². The maximum Gasteiger partial charge on any atom is 0.320 e. The fourth-order valence-corrected chi connectivity index (χ4v) is 7.68. The molecular formula is C27H36N6O3S. The summed E-state index contributed by atoms with van der Waals surface area (Å²) < 4.78 is 23.4. The van der Waals surface area contributed by atoms with Crippen LogP contribution in [-0.4, -0.2) is 89.9 Å². The molecule has 3 saturated heterocycles. The molecule has 198 valence electrons. The Balaban J connectivity index is 0.842. The Morgan fingerprint density at radius 2 is 1.49 bits per heavy atom. The Morgan fingerprint density at radius 3 is 2.05 bits per heavy atom. The summed E-state index contributed by atoms with van der Waals surface area (Å²) in [4.78, 5) is 23.4. The van der Waals surface area contributed by atoms with Crippen LogP contribution in [0.3, 0.4) is 0 Å². The molecule has 4 heterocycles. The number of nitrogens with one attached hydrogen (secondary N) is 1. The number of aromatic nitrogens is 3. The molecule has 9 nitrogen and oxygen atoms in total. The molecule has 1 N–H and O–H groups in total. The van der Waals surface area contributed by atoms with Crippen molar-refractivity contribution in [2.45, 2.75) is 61.8 Å². The largest absolute Gasteiger partial charge is 0.328 e. The molecule has 5 aliphatic rings. The standard InChI is InChI=1S/C27H36N6O3S/c1-37(35,36)22-6-2-19(3-7-22)14-31-10-8-26(9-11-31)15-32(16-26)25(34)33-17-27(18-33)12-21(13-27)24-28-23(29-30-24)20-4-5-20/h2-3,6-7,20-21H,4-5,8-18H2,1H3,(H,28,29,30). The van der Waals surface area contributed by atoms with Gasteiger partial charge >= 0.3 is 6.03 Å². The Labute approximate surface area is 218 Å². The number of rotatable bonds is 5. The van der Waals surface area contributed by atoms with Crippen molar-refractivity contribution in [2.24, 2.45) is 10.8 Å². The van der Waals surface area contributed by atoms with Gasteiger partial charge in [-0.05, 0) is 69.3 Å². The number of H-pyrrole nitrogens is 1. The first-order valence-corrected chi connectivity index (χ1v) is 15.6. The maximum atomic E-state index is 13.1. The summed E-state index contributed by atoms with van der Waals surface area (Å²) in [6.45, 7) is 6.44.